The van der Waals surface area contributed by atoms with E-state index in [1.165, 1.54) is 0 Å². The molecular weight excluding hydrogens is 546 g/mol. The standard InChI is InChI=1S/C35H53NO7/c1-7-11-17-38-27-22-30(40-19-13-9-3)28-24-33(43-35(37)36-25(5)6)34(42-31(28)23-27)26-15-16-29(39-18-12-8-2)32(21-26)41-20-14-10-4/h15-16,21-23,25,33-34H,7-14,17-20,24H2,1-6H3,(H,36,37)/t33-,34-/m1/s1. The van der Waals surface area contributed by atoms with E-state index in [1.54, 1.807) is 0 Å². The largest absolute Gasteiger partial charge is 0.493 e. The third kappa shape index (κ3) is 10.7. The molecule has 1 amide bonds. The number of rotatable bonds is 19. The van der Waals surface area contributed by atoms with Gasteiger partial charge in [-0.05, 0) is 51.7 Å². The molecule has 0 spiro atoms. The maximum Gasteiger partial charge on any atom is 0.407 e. The van der Waals surface area contributed by atoms with Crippen LogP contribution in [0.15, 0.2) is 30.3 Å². The van der Waals surface area contributed by atoms with Crippen LogP contribution in [0.3, 0.4) is 0 Å². The van der Waals surface area contributed by atoms with Crippen LogP contribution in [0.2, 0.25) is 0 Å². The average molecular weight is 600 g/mol. The molecule has 1 aliphatic rings. The second-order valence-corrected chi connectivity index (χ2v) is 11.4. The number of nitrogens with one attached hydrogen (secondary N) is 1. The van der Waals surface area contributed by atoms with Crippen molar-refractivity contribution in [2.45, 2.75) is 118 Å². The normalized spacial score (nSPS) is 15.8. The first kappa shape index (κ1) is 34.2. The Morgan fingerprint density at radius 3 is 1.98 bits per heavy atom. The molecule has 2 aromatic carbocycles. The zero-order valence-electron chi connectivity index (χ0n) is 27.2. The van der Waals surface area contributed by atoms with Gasteiger partial charge in [-0.25, -0.2) is 4.79 Å². The van der Waals surface area contributed by atoms with E-state index in [0.717, 1.165) is 62.5 Å². The number of hydrogen-bond donors (Lipinski definition) is 1. The van der Waals surface area contributed by atoms with Gasteiger partial charge in [0.2, 0.25) is 0 Å². The molecule has 0 saturated carbocycles. The number of unbranched alkanes of at least 4 members (excludes halogenated alkanes) is 4. The van der Waals surface area contributed by atoms with Gasteiger partial charge in [-0.2, -0.15) is 0 Å². The minimum Gasteiger partial charge on any atom is -0.493 e. The molecule has 1 N–H and O–H groups in total. The summed E-state index contributed by atoms with van der Waals surface area (Å²) in [5.41, 5.74) is 1.71. The highest BCUT2D eigenvalue weighted by atomic mass is 16.6. The minimum atomic E-state index is -0.595. The predicted molar refractivity (Wildman–Crippen MR) is 170 cm³/mol. The topological polar surface area (TPSA) is 84.5 Å². The van der Waals surface area contributed by atoms with E-state index in [0.29, 0.717) is 61.6 Å². The highest BCUT2D eigenvalue weighted by Gasteiger charge is 2.37. The van der Waals surface area contributed by atoms with E-state index < -0.39 is 18.3 Å². The maximum absolute atomic E-state index is 12.9. The first-order chi connectivity index (χ1) is 20.9. The number of alkyl carbamates (subject to hydrolysis) is 1. The monoisotopic (exact) mass is 599 g/mol. The summed E-state index contributed by atoms with van der Waals surface area (Å²) in [5.74, 6) is 3.46. The van der Waals surface area contributed by atoms with Gasteiger partial charge in [0.1, 0.15) is 23.4 Å². The fraction of sp³-hybridized carbons (Fsp3) is 0.629. The second kappa shape index (κ2) is 18.4. The summed E-state index contributed by atoms with van der Waals surface area (Å²) in [4.78, 5) is 12.9. The van der Waals surface area contributed by atoms with Crippen LogP contribution in [0.25, 0.3) is 0 Å². The average Bonchev–Trinajstić information content (AvgIpc) is 2.98. The van der Waals surface area contributed by atoms with Gasteiger partial charge in [-0.1, -0.05) is 59.4 Å². The summed E-state index contributed by atoms with van der Waals surface area (Å²) in [6.45, 7) is 14.8. The summed E-state index contributed by atoms with van der Waals surface area (Å²) in [5, 5.41) is 2.85. The lowest BCUT2D eigenvalue weighted by Crippen LogP contribution is -2.40. The second-order valence-electron chi connectivity index (χ2n) is 11.4. The van der Waals surface area contributed by atoms with E-state index in [-0.39, 0.29) is 6.04 Å². The lowest BCUT2D eigenvalue weighted by Gasteiger charge is -2.35. The van der Waals surface area contributed by atoms with Crippen molar-refractivity contribution in [2.75, 3.05) is 26.4 Å². The van der Waals surface area contributed by atoms with Crippen LogP contribution < -0.4 is 29.0 Å². The predicted octanol–water partition coefficient (Wildman–Crippen LogP) is 8.58. The van der Waals surface area contributed by atoms with Crippen molar-refractivity contribution in [3.63, 3.8) is 0 Å². The molecule has 8 nitrogen and oxygen atoms in total. The molecule has 0 bridgehead atoms. The van der Waals surface area contributed by atoms with Crippen LogP contribution in [0.4, 0.5) is 4.79 Å². The number of hydrogen-bond acceptors (Lipinski definition) is 7. The van der Waals surface area contributed by atoms with Crippen LogP contribution >= 0.6 is 0 Å². The molecule has 0 unspecified atom stereocenters. The van der Waals surface area contributed by atoms with E-state index in [1.807, 2.05) is 44.2 Å². The van der Waals surface area contributed by atoms with Crippen molar-refractivity contribution in [1.29, 1.82) is 0 Å². The van der Waals surface area contributed by atoms with Gasteiger partial charge in [0.15, 0.2) is 17.6 Å². The van der Waals surface area contributed by atoms with Gasteiger partial charge < -0.3 is 33.7 Å². The highest BCUT2D eigenvalue weighted by molar-refractivity contribution is 5.68. The molecule has 240 valence electrons. The van der Waals surface area contributed by atoms with Crippen LogP contribution in [0.5, 0.6) is 28.7 Å². The van der Waals surface area contributed by atoms with Crippen molar-refractivity contribution in [3.05, 3.63) is 41.5 Å². The fourth-order valence-electron chi connectivity index (χ4n) is 4.68. The zero-order valence-corrected chi connectivity index (χ0v) is 27.2. The summed E-state index contributed by atoms with van der Waals surface area (Å²) < 4.78 is 37.3. The number of fused-ring (bicyclic) bond motifs is 1. The quantitative estimate of drug-likeness (QED) is 0.162. The Morgan fingerprint density at radius 2 is 1.37 bits per heavy atom. The molecule has 0 fully saturated rings. The molecule has 3 rings (SSSR count). The number of benzene rings is 2. The van der Waals surface area contributed by atoms with Crippen molar-refractivity contribution in [2.24, 2.45) is 0 Å². The first-order valence-corrected chi connectivity index (χ1v) is 16.4. The first-order valence-electron chi connectivity index (χ1n) is 16.4. The summed E-state index contributed by atoms with van der Waals surface area (Å²) in [7, 11) is 0. The van der Waals surface area contributed by atoms with Crippen LogP contribution in [0.1, 0.15) is 110 Å². The Morgan fingerprint density at radius 1 is 0.791 bits per heavy atom. The van der Waals surface area contributed by atoms with E-state index in [4.69, 9.17) is 28.4 Å². The van der Waals surface area contributed by atoms with Gasteiger partial charge in [0.25, 0.3) is 0 Å². The maximum atomic E-state index is 12.9. The molecule has 0 radical (unpaired) electrons. The summed E-state index contributed by atoms with van der Waals surface area (Å²) >= 11 is 0. The zero-order chi connectivity index (χ0) is 31.0. The Bertz CT molecular complexity index is 1120. The van der Waals surface area contributed by atoms with Gasteiger partial charge in [0, 0.05) is 35.7 Å². The van der Waals surface area contributed by atoms with E-state index in [2.05, 4.69) is 33.0 Å². The molecule has 2 aromatic rings. The smallest absolute Gasteiger partial charge is 0.407 e. The van der Waals surface area contributed by atoms with Crippen molar-refractivity contribution in [1.82, 2.24) is 5.32 Å². The molecular formula is C35H53NO7. The summed E-state index contributed by atoms with van der Waals surface area (Å²) in [6, 6.07) is 9.66. The third-order valence-electron chi connectivity index (χ3n) is 7.13. The number of carbonyl (C=O) groups excluding carboxylic acids is 1. The summed E-state index contributed by atoms with van der Waals surface area (Å²) in [6.07, 6.45) is 6.72. The molecule has 8 heteroatoms. The van der Waals surface area contributed by atoms with Crippen LogP contribution in [-0.4, -0.2) is 44.7 Å². The van der Waals surface area contributed by atoms with Crippen molar-refractivity contribution in [3.8, 4) is 28.7 Å². The molecule has 1 aliphatic heterocycles. The molecule has 0 aromatic heterocycles. The lowest BCUT2D eigenvalue weighted by atomic mass is 9.93. The number of amides is 1. The van der Waals surface area contributed by atoms with Crippen molar-refractivity contribution >= 4 is 6.09 Å². The van der Waals surface area contributed by atoms with E-state index >= 15 is 0 Å². The SMILES string of the molecule is CCCCOc1cc(OCCCC)c2c(c1)O[C@H](c1ccc(OCCCC)c(OCCCC)c1)[C@H](OC(=O)NC(C)C)C2. The Kier molecular flexibility index (Phi) is 14.6. The Balaban J connectivity index is 2.01. The van der Waals surface area contributed by atoms with Crippen LogP contribution in [0, 0.1) is 0 Å². The molecule has 43 heavy (non-hydrogen) atoms. The van der Waals surface area contributed by atoms with Crippen LogP contribution in [-0.2, 0) is 11.2 Å². The molecule has 0 saturated heterocycles. The van der Waals surface area contributed by atoms with Gasteiger partial charge in [-0.15, -0.1) is 0 Å². The minimum absolute atomic E-state index is 0.0587. The fourth-order valence-corrected chi connectivity index (χ4v) is 4.68. The third-order valence-corrected chi connectivity index (χ3v) is 7.13. The van der Waals surface area contributed by atoms with Crippen molar-refractivity contribution < 1.29 is 33.2 Å². The van der Waals surface area contributed by atoms with E-state index in [9.17, 15) is 4.79 Å². The van der Waals surface area contributed by atoms with Gasteiger partial charge in [0.05, 0.1) is 26.4 Å². The molecule has 0 aliphatic carbocycles. The van der Waals surface area contributed by atoms with Gasteiger partial charge >= 0.3 is 6.09 Å². The number of carbonyl (C=O) groups is 1. The highest BCUT2D eigenvalue weighted by Crippen LogP contribution is 2.45. The molecule has 1 heterocycles. The number of ether oxygens (including phenoxy) is 6. The Labute approximate surface area is 258 Å². The van der Waals surface area contributed by atoms with Gasteiger partial charge in [-0.3, -0.25) is 0 Å². The Hall–Kier alpha value is -3.29. The lowest BCUT2D eigenvalue weighted by molar-refractivity contribution is 0.00140. The molecule has 2 atom stereocenters.